The smallest absolute Gasteiger partial charge is 0.161 e. The molecule has 2 rings (SSSR count). The van der Waals surface area contributed by atoms with Crippen LogP contribution in [-0.4, -0.2) is 25.7 Å². The van der Waals surface area contributed by atoms with E-state index >= 15 is 0 Å². The normalized spacial score (nSPS) is 11.0. The zero-order chi connectivity index (χ0) is 15.4. The molecule has 0 spiro atoms. The molecule has 4 nitrogen and oxygen atoms in total. The van der Waals surface area contributed by atoms with Gasteiger partial charge in [-0.3, -0.25) is 0 Å². The lowest BCUT2D eigenvalue weighted by Gasteiger charge is -2.09. The third-order valence-corrected chi connectivity index (χ3v) is 4.65. The van der Waals surface area contributed by atoms with E-state index < -0.39 is 0 Å². The quantitative estimate of drug-likeness (QED) is 0.888. The van der Waals surface area contributed by atoms with Crippen LogP contribution in [0.15, 0.2) is 18.2 Å². The predicted octanol–water partition coefficient (Wildman–Crippen LogP) is 3.45. The highest BCUT2D eigenvalue weighted by Crippen LogP contribution is 2.36. The number of aromatic nitrogens is 1. The summed E-state index contributed by atoms with van der Waals surface area (Å²) < 4.78 is 10.7. The van der Waals surface area contributed by atoms with Gasteiger partial charge in [-0.25, -0.2) is 4.98 Å². The Morgan fingerprint density at radius 2 is 1.90 bits per heavy atom. The molecule has 0 aliphatic carbocycles. The van der Waals surface area contributed by atoms with Gasteiger partial charge in [-0.15, -0.1) is 11.3 Å². The van der Waals surface area contributed by atoms with Gasteiger partial charge in [-0.2, -0.15) is 0 Å². The largest absolute Gasteiger partial charge is 0.493 e. The maximum Gasteiger partial charge on any atom is 0.161 e. The molecule has 2 N–H and O–H groups in total. The van der Waals surface area contributed by atoms with Gasteiger partial charge in [0.25, 0.3) is 0 Å². The molecule has 0 radical (unpaired) electrons. The van der Waals surface area contributed by atoms with E-state index in [-0.39, 0.29) is 0 Å². The summed E-state index contributed by atoms with van der Waals surface area (Å²) in [6.45, 7) is 4.94. The van der Waals surface area contributed by atoms with Crippen molar-refractivity contribution in [1.82, 2.24) is 4.98 Å². The Bertz CT molecular complexity index is 608. The standard InChI is InChI=1S/C16H22N2O2S/c1-10(2)16-18-15(14(21-16)7-8-17)11-5-6-12(19-3)13(9-11)20-4/h5-6,9-10H,7-8,17H2,1-4H3. The third-order valence-electron chi connectivity index (χ3n) is 3.24. The van der Waals surface area contributed by atoms with E-state index in [0.717, 1.165) is 28.4 Å². The molecular formula is C16H22N2O2S. The summed E-state index contributed by atoms with van der Waals surface area (Å²) in [6, 6.07) is 5.90. The third kappa shape index (κ3) is 3.36. The van der Waals surface area contributed by atoms with Crippen LogP contribution in [-0.2, 0) is 6.42 Å². The van der Waals surface area contributed by atoms with E-state index in [1.807, 2.05) is 18.2 Å². The number of hydrogen-bond acceptors (Lipinski definition) is 5. The molecular weight excluding hydrogens is 284 g/mol. The summed E-state index contributed by atoms with van der Waals surface area (Å²) in [5.41, 5.74) is 7.78. The van der Waals surface area contributed by atoms with Gasteiger partial charge < -0.3 is 15.2 Å². The number of benzene rings is 1. The molecule has 1 aromatic heterocycles. The Labute approximate surface area is 129 Å². The summed E-state index contributed by atoms with van der Waals surface area (Å²) in [6.07, 6.45) is 0.841. The zero-order valence-corrected chi connectivity index (χ0v) is 13.8. The van der Waals surface area contributed by atoms with Crippen molar-refractivity contribution in [3.63, 3.8) is 0 Å². The summed E-state index contributed by atoms with van der Waals surface area (Å²) in [4.78, 5) is 6.03. The molecule has 0 saturated heterocycles. The fourth-order valence-corrected chi connectivity index (χ4v) is 3.23. The number of thiazole rings is 1. The molecule has 0 fully saturated rings. The summed E-state index contributed by atoms with van der Waals surface area (Å²) in [5.74, 6) is 1.86. The first kappa shape index (κ1) is 15.8. The molecule has 5 heteroatoms. The molecule has 2 aromatic rings. The highest BCUT2D eigenvalue weighted by molar-refractivity contribution is 7.12. The number of rotatable bonds is 6. The van der Waals surface area contributed by atoms with Gasteiger partial charge in [-0.05, 0) is 31.2 Å². The monoisotopic (exact) mass is 306 g/mol. The second-order valence-electron chi connectivity index (χ2n) is 5.09. The highest BCUT2D eigenvalue weighted by atomic mass is 32.1. The van der Waals surface area contributed by atoms with Crippen LogP contribution in [0.2, 0.25) is 0 Å². The Morgan fingerprint density at radius 1 is 1.19 bits per heavy atom. The fourth-order valence-electron chi connectivity index (χ4n) is 2.13. The van der Waals surface area contributed by atoms with E-state index in [1.165, 1.54) is 4.88 Å². The number of nitrogens with zero attached hydrogens (tertiary/aromatic N) is 1. The van der Waals surface area contributed by atoms with Gasteiger partial charge in [0, 0.05) is 16.4 Å². The lowest BCUT2D eigenvalue weighted by molar-refractivity contribution is 0.355. The van der Waals surface area contributed by atoms with Gasteiger partial charge in [0.1, 0.15) is 0 Å². The zero-order valence-electron chi connectivity index (χ0n) is 13.0. The lowest BCUT2D eigenvalue weighted by atomic mass is 10.1. The molecule has 0 saturated carbocycles. The predicted molar refractivity (Wildman–Crippen MR) is 87.5 cm³/mol. The molecule has 21 heavy (non-hydrogen) atoms. The second kappa shape index (κ2) is 6.91. The highest BCUT2D eigenvalue weighted by Gasteiger charge is 2.16. The van der Waals surface area contributed by atoms with E-state index in [0.29, 0.717) is 18.2 Å². The van der Waals surface area contributed by atoms with Crippen LogP contribution in [0.4, 0.5) is 0 Å². The fraction of sp³-hybridized carbons (Fsp3) is 0.438. The van der Waals surface area contributed by atoms with Gasteiger partial charge in [0.05, 0.1) is 24.9 Å². The summed E-state index contributed by atoms with van der Waals surface area (Å²) in [5, 5.41) is 1.14. The van der Waals surface area contributed by atoms with Crippen molar-refractivity contribution in [3.8, 4) is 22.8 Å². The summed E-state index contributed by atoms with van der Waals surface area (Å²) >= 11 is 1.75. The average molecular weight is 306 g/mol. The molecule has 0 unspecified atom stereocenters. The van der Waals surface area contributed by atoms with Crippen LogP contribution in [0.5, 0.6) is 11.5 Å². The average Bonchev–Trinajstić information content (AvgIpc) is 2.91. The molecule has 1 aromatic carbocycles. The number of ether oxygens (including phenoxy) is 2. The first-order valence-corrected chi connectivity index (χ1v) is 7.84. The molecule has 114 valence electrons. The van der Waals surface area contributed by atoms with E-state index in [9.17, 15) is 0 Å². The minimum absolute atomic E-state index is 0.417. The molecule has 0 bridgehead atoms. The number of nitrogens with two attached hydrogens (primary N) is 1. The van der Waals surface area contributed by atoms with Crippen LogP contribution >= 0.6 is 11.3 Å². The van der Waals surface area contributed by atoms with Crippen molar-refractivity contribution in [3.05, 3.63) is 28.1 Å². The topological polar surface area (TPSA) is 57.4 Å². The van der Waals surface area contributed by atoms with Gasteiger partial charge in [0.15, 0.2) is 11.5 Å². The van der Waals surface area contributed by atoms with Crippen molar-refractivity contribution in [2.24, 2.45) is 5.73 Å². The van der Waals surface area contributed by atoms with E-state index in [2.05, 4.69) is 13.8 Å². The van der Waals surface area contributed by atoms with Crippen LogP contribution < -0.4 is 15.2 Å². The van der Waals surface area contributed by atoms with E-state index in [1.54, 1.807) is 25.6 Å². The van der Waals surface area contributed by atoms with Crippen molar-refractivity contribution < 1.29 is 9.47 Å². The molecule has 0 atom stereocenters. The molecule has 0 amide bonds. The SMILES string of the molecule is COc1ccc(-c2nc(C(C)C)sc2CCN)cc1OC. The Balaban J connectivity index is 2.49. The number of methoxy groups -OCH3 is 2. The lowest BCUT2D eigenvalue weighted by Crippen LogP contribution is -2.02. The van der Waals surface area contributed by atoms with Gasteiger partial charge in [-0.1, -0.05) is 13.8 Å². The van der Waals surface area contributed by atoms with Crippen LogP contribution in [0, 0.1) is 0 Å². The second-order valence-corrected chi connectivity index (χ2v) is 6.20. The summed E-state index contributed by atoms with van der Waals surface area (Å²) in [7, 11) is 3.28. The minimum atomic E-state index is 0.417. The maximum absolute atomic E-state index is 5.73. The maximum atomic E-state index is 5.73. The first-order chi connectivity index (χ1) is 10.1. The molecule has 1 heterocycles. The Morgan fingerprint density at radius 3 is 2.48 bits per heavy atom. The van der Waals surface area contributed by atoms with Crippen molar-refractivity contribution >= 4 is 11.3 Å². The first-order valence-electron chi connectivity index (χ1n) is 7.02. The van der Waals surface area contributed by atoms with Crippen molar-refractivity contribution in [2.75, 3.05) is 20.8 Å². The van der Waals surface area contributed by atoms with Crippen molar-refractivity contribution in [1.29, 1.82) is 0 Å². The molecule has 0 aliphatic heterocycles. The van der Waals surface area contributed by atoms with Gasteiger partial charge >= 0.3 is 0 Å². The van der Waals surface area contributed by atoms with E-state index in [4.69, 9.17) is 20.2 Å². The van der Waals surface area contributed by atoms with Gasteiger partial charge in [0.2, 0.25) is 0 Å². The van der Waals surface area contributed by atoms with Crippen LogP contribution in [0.1, 0.15) is 29.7 Å². The Kier molecular flexibility index (Phi) is 5.20. The van der Waals surface area contributed by atoms with Crippen LogP contribution in [0.3, 0.4) is 0 Å². The van der Waals surface area contributed by atoms with Crippen molar-refractivity contribution in [2.45, 2.75) is 26.2 Å². The Hall–Kier alpha value is -1.59. The number of hydrogen-bond donors (Lipinski definition) is 1. The van der Waals surface area contributed by atoms with Crippen LogP contribution in [0.25, 0.3) is 11.3 Å². The minimum Gasteiger partial charge on any atom is -0.493 e. The molecule has 0 aliphatic rings.